The Morgan fingerprint density at radius 2 is 1.68 bits per heavy atom. The highest BCUT2D eigenvalue weighted by atomic mass is 35.5. The van der Waals surface area contributed by atoms with Crippen LogP contribution < -0.4 is 5.32 Å². The van der Waals surface area contributed by atoms with E-state index in [1.807, 2.05) is 62.6 Å². The smallest absolute Gasteiger partial charge is 0.195 e. The lowest BCUT2D eigenvalue weighted by atomic mass is 10.0. The van der Waals surface area contributed by atoms with E-state index in [4.69, 9.17) is 17.0 Å². The van der Waals surface area contributed by atoms with Crippen molar-refractivity contribution in [1.29, 1.82) is 5.41 Å². The van der Waals surface area contributed by atoms with Crippen molar-refractivity contribution in [2.45, 2.75) is 0 Å². The van der Waals surface area contributed by atoms with Crippen LogP contribution in [-0.4, -0.2) is 25.0 Å². The van der Waals surface area contributed by atoms with Crippen molar-refractivity contribution in [3.8, 4) is 11.1 Å². The number of rotatable bonds is 2. The lowest BCUT2D eigenvalue weighted by Crippen LogP contribution is -2.28. The van der Waals surface area contributed by atoms with Gasteiger partial charge in [0, 0.05) is 30.4 Å². The Bertz CT molecular complexity index is 576. The van der Waals surface area contributed by atoms with E-state index in [-0.39, 0.29) is 0 Å². The maximum atomic E-state index is 7.87. The Balaban J connectivity index is 2.36. The maximum absolute atomic E-state index is 7.87. The van der Waals surface area contributed by atoms with E-state index in [0.717, 1.165) is 21.8 Å². The van der Waals surface area contributed by atoms with Gasteiger partial charge in [-0.3, -0.25) is 5.41 Å². The predicted octanol–water partition coefficient (Wildman–Crippen LogP) is 3.92. The fraction of sp³-hybridized carbons (Fsp3) is 0.133. The summed E-state index contributed by atoms with van der Waals surface area (Å²) < 4.78 is 0. The summed E-state index contributed by atoms with van der Waals surface area (Å²) in [5, 5.41) is 11.7. The largest absolute Gasteiger partial charge is 0.349 e. The van der Waals surface area contributed by atoms with Crippen LogP contribution in [0.3, 0.4) is 0 Å². The molecule has 98 valence electrons. The Hall–Kier alpha value is -2.00. The summed E-state index contributed by atoms with van der Waals surface area (Å²) in [6.45, 7) is 0. The molecular weight excluding hydrogens is 258 g/mol. The van der Waals surface area contributed by atoms with Gasteiger partial charge in [-0.15, -0.1) is 0 Å². The molecular formula is C15H16ClN3. The number of benzene rings is 2. The van der Waals surface area contributed by atoms with Crippen molar-refractivity contribution in [2.24, 2.45) is 0 Å². The van der Waals surface area contributed by atoms with Crippen LogP contribution in [0.4, 0.5) is 5.69 Å². The van der Waals surface area contributed by atoms with Gasteiger partial charge in [0.1, 0.15) is 0 Å². The summed E-state index contributed by atoms with van der Waals surface area (Å²) in [5.74, 6) is 0.349. The van der Waals surface area contributed by atoms with Crippen molar-refractivity contribution >= 4 is 23.2 Å². The average Bonchev–Trinajstić information content (AvgIpc) is 2.40. The van der Waals surface area contributed by atoms with Crippen LogP contribution in [0.15, 0.2) is 48.5 Å². The molecule has 0 amide bonds. The standard InChI is InChI=1S/C15H16ClN3/c1-19(2)15(17)18-14-6-4-3-5-13(14)11-7-9-12(16)10-8-11/h3-10H,1-2H3,(H2,17,18). The zero-order valence-electron chi connectivity index (χ0n) is 10.9. The fourth-order valence-electron chi connectivity index (χ4n) is 1.71. The maximum Gasteiger partial charge on any atom is 0.195 e. The SMILES string of the molecule is CN(C)C(=N)Nc1ccccc1-c1ccc(Cl)cc1. The third kappa shape index (κ3) is 3.26. The van der Waals surface area contributed by atoms with Crippen molar-refractivity contribution in [2.75, 3.05) is 19.4 Å². The first-order valence-corrected chi connectivity index (χ1v) is 6.33. The minimum absolute atomic E-state index is 0.349. The Kier molecular flexibility index (Phi) is 4.07. The lowest BCUT2D eigenvalue weighted by molar-refractivity contribution is 0.616. The topological polar surface area (TPSA) is 39.1 Å². The Labute approximate surface area is 118 Å². The first kappa shape index (κ1) is 13.4. The molecule has 2 aromatic carbocycles. The first-order chi connectivity index (χ1) is 9.08. The quantitative estimate of drug-likeness (QED) is 0.643. The van der Waals surface area contributed by atoms with Gasteiger partial charge in [0.15, 0.2) is 5.96 Å². The summed E-state index contributed by atoms with van der Waals surface area (Å²) in [6.07, 6.45) is 0. The first-order valence-electron chi connectivity index (χ1n) is 5.96. The van der Waals surface area contributed by atoms with Crippen LogP contribution in [0.25, 0.3) is 11.1 Å². The van der Waals surface area contributed by atoms with Gasteiger partial charge in [0.25, 0.3) is 0 Å². The molecule has 0 heterocycles. The molecule has 0 atom stereocenters. The molecule has 0 aliphatic heterocycles. The number of anilines is 1. The van der Waals surface area contributed by atoms with Gasteiger partial charge in [0.2, 0.25) is 0 Å². The molecule has 2 rings (SSSR count). The van der Waals surface area contributed by atoms with E-state index in [2.05, 4.69) is 5.32 Å². The van der Waals surface area contributed by atoms with Crippen molar-refractivity contribution in [3.63, 3.8) is 0 Å². The second-order valence-corrected chi connectivity index (χ2v) is 4.86. The molecule has 0 spiro atoms. The molecule has 0 fully saturated rings. The molecule has 2 aromatic rings. The van der Waals surface area contributed by atoms with Gasteiger partial charge >= 0.3 is 0 Å². The van der Waals surface area contributed by atoms with Gasteiger partial charge in [-0.25, -0.2) is 0 Å². The molecule has 0 saturated heterocycles. The third-order valence-electron chi connectivity index (χ3n) is 2.78. The highest BCUT2D eigenvalue weighted by Crippen LogP contribution is 2.28. The van der Waals surface area contributed by atoms with Crippen LogP contribution in [0.2, 0.25) is 5.02 Å². The van der Waals surface area contributed by atoms with E-state index < -0.39 is 0 Å². The molecule has 3 nitrogen and oxygen atoms in total. The highest BCUT2D eigenvalue weighted by molar-refractivity contribution is 6.30. The number of nitrogens with one attached hydrogen (secondary N) is 2. The number of guanidine groups is 1. The molecule has 0 radical (unpaired) electrons. The predicted molar refractivity (Wildman–Crippen MR) is 81.9 cm³/mol. The lowest BCUT2D eigenvalue weighted by Gasteiger charge is -2.17. The van der Waals surface area contributed by atoms with Crippen LogP contribution >= 0.6 is 11.6 Å². The number of halogens is 1. The second kappa shape index (κ2) is 5.76. The zero-order valence-corrected chi connectivity index (χ0v) is 11.7. The van der Waals surface area contributed by atoms with Gasteiger partial charge < -0.3 is 10.2 Å². The van der Waals surface area contributed by atoms with Crippen LogP contribution in [0.5, 0.6) is 0 Å². The van der Waals surface area contributed by atoms with Gasteiger partial charge in [-0.2, -0.15) is 0 Å². The van der Waals surface area contributed by atoms with Gasteiger partial charge in [0.05, 0.1) is 0 Å². The molecule has 0 unspecified atom stereocenters. The summed E-state index contributed by atoms with van der Waals surface area (Å²) >= 11 is 5.91. The molecule has 2 N–H and O–H groups in total. The van der Waals surface area contributed by atoms with Crippen molar-refractivity contribution in [3.05, 3.63) is 53.6 Å². The average molecular weight is 274 g/mol. The van der Waals surface area contributed by atoms with E-state index in [1.54, 1.807) is 4.90 Å². The van der Waals surface area contributed by atoms with Crippen molar-refractivity contribution < 1.29 is 0 Å². The second-order valence-electron chi connectivity index (χ2n) is 4.42. The van der Waals surface area contributed by atoms with Gasteiger partial charge in [-0.1, -0.05) is 41.9 Å². The summed E-state index contributed by atoms with van der Waals surface area (Å²) in [7, 11) is 3.67. The van der Waals surface area contributed by atoms with Gasteiger partial charge in [-0.05, 0) is 23.8 Å². The highest BCUT2D eigenvalue weighted by Gasteiger charge is 2.07. The molecule has 0 bridgehead atoms. The molecule has 0 saturated carbocycles. The molecule has 0 aliphatic carbocycles. The normalized spacial score (nSPS) is 10.1. The third-order valence-corrected chi connectivity index (χ3v) is 3.03. The molecule has 0 aromatic heterocycles. The monoisotopic (exact) mass is 273 g/mol. The van der Waals surface area contributed by atoms with Crippen LogP contribution in [0, 0.1) is 5.41 Å². The van der Waals surface area contributed by atoms with E-state index in [1.165, 1.54) is 0 Å². The number of hydrogen-bond acceptors (Lipinski definition) is 1. The van der Waals surface area contributed by atoms with Crippen molar-refractivity contribution in [1.82, 2.24) is 4.90 Å². The Morgan fingerprint density at radius 3 is 2.32 bits per heavy atom. The number of hydrogen-bond donors (Lipinski definition) is 2. The number of nitrogens with zero attached hydrogens (tertiary/aromatic N) is 1. The minimum atomic E-state index is 0.349. The van der Waals surface area contributed by atoms with E-state index in [9.17, 15) is 0 Å². The summed E-state index contributed by atoms with van der Waals surface area (Å²) in [6, 6.07) is 15.6. The Morgan fingerprint density at radius 1 is 1.05 bits per heavy atom. The fourth-order valence-corrected chi connectivity index (χ4v) is 1.84. The molecule has 0 aliphatic rings. The van der Waals surface area contributed by atoms with E-state index in [0.29, 0.717) is 5.96 Å². The molecule has 19 heavy (non-hydrogen) atoms. The summed E-state index contributed by atoms with van der Waals surface area (Å²) in [4.78, 5) is 1.72. The van der Waals surface area contributed by atoms with Crippen LogP contribution in [-0.2, 0) is 0 Å². The molecule has 4 heteroatoms. The van der Waals surface area contributed by atoms with E-state index >= 15 is 0 Å². The zero-order chi connectivity index (χ0) is 13.8. The minimum Gasteiger partial charge on any atom is -0.349 e. The van der Waals surface area contributed by atoms with Crippen LogP contribution in [0.1, 0.15) is 0 Å². The summed E-state index contributed by atoms with van der Waals surface area (Å²) in [5.41, 5.74) is 3.02. The number of para-hydroxylation sites is 1.